The molecule has 1 heterocycles. The fraction of sp³-hybridized carbons (Fsp3) is 0.500. The van der Waals surface area contributed by atoms with E-state index in [-0.39, 0.29) is 0 Å². The van der Waals surface area contributed by atoms with Crippen LogP contribution >= 0.6 is 0 Å². The van der Waals surface area contributed by atoms with Crippen LogP contribution in [0.3, 0.4) is 0 Å². The molecule has 0 saturated heterocycles. The van der Waals surface area contributed by atoms with E-state index >= 15 is 0 Å². The monoisotopic (exact) mass is 244 g/mol. The number of fused-ring (bicyclic) bond motifs is 1. The zero-order chi connectivity index (χ0) is 13.1. The van der Waals surface area contributed by atoms with Gasteiger partial charge in [-0.2, -0.15) is 0 Å². The van der Waals surface area contributed by atoms with Crippen molar-refractivity contribution in [2.75, 3.05) is 20.6 Å². The summed E-state index contributed by atoms with van der Waals surface area (Å²) in [5.74, 6) is 0.701. The molecule has 0 amide bonds. The van der Waals surface area contributed by atoms with Gasteiger partial charge in [-0.3, -0.25) is 0 Å². The molecule has 0 atom stereocenters. The second kappa shape index (κ2) is 5.57. The Morgan fingerprint density at radius 1 is 1.17 bits per heavy atom. The molecule has 1 N–H and O–H groups in total. The highest BCUT2D eigenvalue weighted by atomic mass is 15.0. The maximum absolute atomic E-state index is 3.41. The number of nitrogens with one attached hydrogen (secondary N) is 1. The Balaban J connectivity index is 2.35. The van der Waals surface area contributed by atoms with Crippen molar-refractivity contribution in [2.24, 2.45) is 5.92 Å². The molecule has 0 aliphatic heterocycles. The molecule has 1 aromatic carbocycles. The molecule has 0 aliphatic carbocycles. The fourth-order valence-electron chi connectivity index (χ4n) is 2.49. The number of hydrogen-bond acceptors (Lipinski definition) is 1. The van der Waals surface area contributed by atoms with Crippen molar-refractivity contribution in [3.05, 3.63) is 35.5 Å². The lowest BCUT2D eigenvalue weighted by Gasteiger charge is -2.11. The van der Waals surface area contributed by atoms with Gasteiger partial charge in [0.1, 0.15) is 0 Å². The summed E-state index contributed by atoms with van der Waals surface area (Å²) in [5.41, 5.74) is 4.22. The third-order valence-electron chi connectivity index (χ3n) is 3.33. The number of aromatic amines is 1. The van der Waals surface area contributed by atoms with Crippen LogP contribution in [-0.2, 0) is 12.8 Å². The number of aromatic nitrogens is 1. The Morgan fingerprint density at radius 3 is 2.61 bits per heavy atom. The molecule has 0 spiro atoms. The van der Waals surface area contributed by atoms with Gasteiger partial charge < -0.3 is 9.88 Å². The summed E-state index contributed by atoms with van der Waals surface area (Å²) in [4.78, 5) is 5.65. The van der Waals surface area contributed by atoms with Crippen LogP contribution in [0.2, 0.25) is 0 Å². The third kappa shape index (κ3) is 2.94. The molecule has 0 aliphatic rings. The van der Waals surface area contributed by atoms with Crippen LogP contribution in [0.5, 0.6) is 0 Å². The molecule has 0 fully saturated rings. The molecule has 0 saturated carbocycles. The van der Waals surface area contributed by atoms with Gasteiger partial charge in [-0.1, -0.05) is 26.0 Å². The molecule has 0 radical (unpaired) electrons. The van der Waals surface area contributed by atoms with E-state index in [0.717, 1.165) is 19.4 Å². The van der Waals surface area contributed by atoms with E-state index in [1.165, 1.54) is 22.0 Å². The van der Waals surface area contributed by atoms with Gasteiger partial charge in [0.2, 0.25) is 0 Å². The average Bonchev–Trinajstić information content (AvgIpc) is 2.70. The van der Waals surface area contributed by atoms with E-state index in [1.54, 1.807) is 0 Å². The number of likely N-dealkylation sites (N-methyl/N-ethyl adjacent to an activating group) is 1. The predicted molar refractivity (Wildman–Crippen MR) is 79.1 cm³/mol. The quantitative estimate of drug-likeness (QED) is 0.853. The third-order valence-corrected chi connectivity index (χ3v) is 3.33. The maximum Gasteiger partial charge on any atom is 0.0459 e. The summed E-state index contributed by atoms with van der Waals surface area (Å²) < 4.78 is 0. The fourth-order valence-corrected chi connectivity index (χ4v) is 2.49. The van der Waals surface area contributed by atoms with Gasteiger partial charge in [-0.05, 0) is 50.0 Å². The minimum Gasteiger partial charge on any atom is -0.361 e. The highest BCUT2D eigenvalue weighted by Crippen LogP contribution is 2.25. The highest BCUT2D eigenvalue weighted by molar-refractivity contribution is 5.86. The topological polar surface area (TPSA) is 19.0 Å². The predicted octanol–water partition coefficient (Wildman–Crippen LogP) is 3.47. The minimum absolute atomic E-state index is 0.701. The molecule has 98 valence electrons. The summed E-state index contributed by atoms with van der Waals surface area (Å²) >= 11 is 0. The number of hydrogen-bond donors (Lipinski definition) is 1. The first-order valence-electron chi connectivity index (χ1n) is 6.80. The molecular formula is C16H24N2. The van der Waals surface area contributed by atoms with Crippen molar-refractivity contribution < 1.29 is 0 Å². The van der Waals surface area contributed by atoms with E-state index < -0.39 is 0 Å². The lowest BCUT2D eigenvalue weighted by Crippen LogP contribution is -2.15. The Morgan fingerprint density at radius 2 is 1.94 bits per heavy atom. The highest BCUT2D eigenvalue weighted by Gasteiger charge is 2.09. The lowest BCUT2D eigenvalue weighted by atomic mass is 9.97. The van der Waals surface area contributed by atoms with Crippen LogP contribution in [0.1, 0.15) is 25.0 Å². The molecule has 1 aromatic heterocycles. The van der Waals surface area contributed by atoms with Crippen LogP contribution < -0.4 is 0 Å². The normalized spacial score (nSPS) is 11.9. The molecule has 2 aromatic rings. The van der Waals surface area contributed by atoms with E-state index in [0.29, 0.717) is 5.92 Å². The summed E-state index contributed by atoms with van der Waals surface area (Å²) in [5, 5.41) is 1.45. The second-order valence-electron chi connectivity index (χ2n) is 5.80. The Labute approximate surface area is 110 Å². The SMILES string of the molecule is CC(C)Cc1cccc2[nH]cc(CCN(C)C)c12. The van der Waals surface area contributed by atoms with Gasteiger partial charge in [-0.15, -0.1) is 0 Å². The molecule has 2 heteroatoms. The molecular weight excluding hydrogens is 220 g/mol. The van der Waals surface area contributed by atoms with Crippen LogP contribution in [0.25, 0.3) is 10.9 Å². The first kappa shape index (κ1) is 13.2. The van der Waals surface area contributed by atoms with Crippen LogP contribution in [-0.4, -0.2) is 30.5 Å². The largest absolute Gasteiger partial charge is 0.361 e. The average molecular weight is 244 g/mol. The van der Waals surface area contributed by atoms with Gasteiger partial charge in [0.15, 0.2) is 0 Å². The van der Waals surface area contributed by atoms with Gasteiger partial charge in [0, 0.05) is 23.6 Å². The van der Waals surface area contributed by atoms with Crippen LogP contribution in [0.15, 0.2) is 24.4 Å². The molecule has 2 nitrogen and oxygen atoms in total. The number of rotatable bonds is 5. The van der Waals surface area contributed by atoms with Gasteiger partial charge >= 0.3 is 0 Å². The number of nitrogens with zero attached hydrogens (tertiary/aromatic N) is 1. The van der Waals surface area contributed by atoms with Crippen molar-refractivity contribution in [3.8, 4) is 0 Å². The molecule has 0 unspecified atom stereocenters. The first-order chi connectivity index (χ1) is 8.58. The molecule has 2 rings (SSSR count). The molecule has 18 heavy (non-hydrogen) atoms. The van der Waals surface area contributed by atoms with Crippen molar-refractivity contribution in [1.82, 2.24) is 9.88 Å². The van der Waals surface area contributed by atoms with Gasteiger partial charge in [0.25, 0.3) is 0 Å². The van der Waals surface area contributed by atoms with E-state index in [2.05, 4.69) is 62.2 Å². The van der Waals surface area contributed by atoms with Crippen molar-refractivity contribution in [3.63, 3.8) is 0 Å². The second-order valence-corrected chi connectivity index (χ2v) is 5.80. The van der Waals surface area contributed by atoms with Crippen molar-refractivity contribution in [1.29, 1.82) is 0 Å². The van der Waals surface area contributed by atoms with E-state index in [4.69, 9.17) is 0 Å². The lowest BCUT2D eigenvalue weighted by molar-refractivity contribution is 0.414. The zero-order valence-electron chi connectivity index (χ0n) is 12.0. The number of benzene rings is 1. The summed E-state index contributed by atoms with van der Waals surface area (Å²) in [6.45, 7) is 5.67. The minimum atomic E-state index is 0.701. The van der Waals surface area contributed by atoms with Crippen LogP contribution in [0.4, 0.5) is 0 Å². The zero-order valence-corrected chi connectivity index (χ0v) is 12.0. The smallest absolute Gasteiger partial charge is 0.0459 e. The molecule has 0 bridgehead atoms. The van der Waals surface area contributed by atoms with Gasteiger partial charge in [0.05, 0.1) is 0 Å². The summed E-state index contributed by atoms with van der Waals surface area (Å²) in [6, 6.07) is 6.61. The van der Waals surface area contributed by atoms with Crippen molar-refractivity contribution >= 4 is 10.9 Å². The standard InChI is InChI=1S/C16H24N2/c1-12(2)10-13-6-5-7-15-16(13)14(11-17-15)8-9-18(3)4/h5-7,11-12,17H,8-10H2,1-4H3. The Bertz CT molecular complexity index is 509. The maximum atomic E-state index is 3.41. The van der Waals surface area contributed by atoms with Crippen LogP contribution in [0, 0.1) is 5.92 Å². The Hall–Kier alpha value is -1.28. The Kier molecular flexibility index (Phi) is 4.07. The first-order valence-corrected chi connectivity index (χ1v) is 6.80. The van der Waals surface area contributed by atoms with E-state index in [1.807, 2.05) is 0 Å². The number of H-pyrrole nitrogens is 1. The summed E-state index contributed by atoms with van der Waals surface area (Å²) in [7, 11) is 4.26. The van der Waals surface area contributed by atoms with E-state index in [9.17, 15) is 0 Å². The van der Waals surface area contributed by atoms with Gasteiger partial charge in [-0.25, -0.2) is 0 Å². The van der Waals surface area contributed by atoms with Crippen molar-refractivity contribution in [2.45, 2.75) is 26.7 Å². The summed E-state index contributed by atoms with van der Waals surface area (Å²) in [6.07, 6.45) is 4.45.